The normalized spacial score (nSPS) is 18.2. The molecule has 0 aliphatic heterocycles. The molecule has 0 heterocycles. The molecule has 1 aliphatic carbocycles. The lowest BCUT2D eigenvalue weighted by Gasteiger charge is -2.35. The average molecular weight is 289 g/mol. The predicted octanol–water partition coefficient (Wildman–Crippen LogP) is 1.30. The van der Waals surface area contributed by atoms with Crippen LogP contribution >= 0.6 is 11.6 Å². The molecule has 0 atom stereocenters. The lowest BCUT2D eigenvalue weighted by atomic mass is 9.83. The maximum absolute atomic E-state index is 12.3. The lowest BCUT2D eigenvalue weighted by Crippen LogP contribution is -2.56. The largest absolute Gasteiger partial charge is 0.480 e. The summed E-state index contributed by atoms with van der Waals surface area (Å²) >= 11 is 5.64. The number of carboxylic acids is 1. The Morgan fingerprint density at radius 2 is 1.72 bits per heavy atom. The Morgan fingerprint density at radius 3 is 2.11 bits per heavy atom. The maximum atomic E-state index is 12.3. The highest BCUT2D eigenvalue weighted by Gasteiger charge is 2.60. The van der Waals surface area contributed by atoms with Gasteiger partial charge in [0.25, 0.3) is 0 Å². The molecule has 18 heavy (non-hydrogen) atoms. The van der Waals surface area contributed by atoms with Gasteiger partial charge >= 0.3 is 5.97 Å². The number of carbonyl (C=O) groups is 2. The second kappa shape index (κ2) is 4.07. The fraction of sp³-hybridized carbons (Fsp3) is 0.273. The van der Waals surface area contributed by atoms with Gasteiger partial charge in [-0.1, -0.05) is 11.6 Å². The van der Waals surface area contributed by atoms with E-state index in [4.69, 9.17) is 16.7 Å². The summed E-state index contributed by atoms with van der Waals surface area (Å²) in [5, 5.41) is 9.45. The number of Topliss-reactive ketones (excluding diaryl/α,β-unsaturated/α-hetero) is 1. The van der Waals surface area contributed by atoms with Crippen LogP contribution in [0, 0.1) is 0 Å². The summed E-state index contributed by atoms with van der Waals surface area (Å²) in [6, 6.07) is 5.21. The first-order valence-electron chi connectivity index (χ1n) is 5.05. The molecule has 0 amide bonds. The fourth-order valence-corrected chi connectivity index (χ4v) is 3.88. The molecule has 1 fully saturated rings. The van der Waals surface area contributed by atoms with Crippen LogP contribution in [0.5, 0.6) is 0 Å². The number of aliphatic carboxylic acids is 1. The molecule has 1 aliphatic rings. The Balaban J connectivity index is 2.51. The van der Waals surface area contributed by atoms with Crippen LogP contribution in [0.3, 0.4) is 0 Å². The number of halogens is 1. The highest BCUT2D eigenvalue weighted by molar-refractivity contribution is 7.93. The molecule has 0 saturated heterocycles. The minimum atomic E-state index is -4.09. The molecule has 0 radical (unpaired) electrons. The Kier molecular flexibility index (Phi) is 2.95. The number of carbonyl (C=O) groups excluding carboxylic acids is 1. The molecule has 96 valence electrons. The van der Waals surface area contributed by atoms with Gasteiger partial charge in [-0.3, -0.25) is 9.59 Å². The van der Waals surface area contributed by atoms with Crippen molar-refractivity contribution in [3.05, 3.63) is 29.3 Å². The first-order valence-corrected chi connectivity index (χ1v) is 6.91. The molecule has 1 aromatic carbocycles. The molecular formula is C11H9ClO5S. The summed E-state index contributed by atoms with van der Waals surface area (Å²) in [7, 11) is -4.09. The first kappa shape index (κ1) is 13.0. The van der Waals surface area contributed by atoms with Crippen molar-refractivity contribution in [1.82, 2.24) is 0 Å². The van der Waals surface area contributed by atoms with Crippen LogP contribution < -0.4 is 0 Å². The Bertz CT molecular complexity index is 609. The summed E-state index contributed by atoms with van der Waals surface area (Å²) < 4.78 is 22.5. The van der Waals surface area contributed by atoms with E-state index in [1.807, 2.05) is 0 Å². The highest BCUT2D eigenvalue weighted by Crippen LogP contribution is 2.41. The van der Waals surface area contributed by atoms with Crippen molar-refractivity contribution in [2.24, 2.45) is 0 Å². The fourth-order valence-electron chi connectivity index (χ4n) is 1.88. The zero-order valence-electron chi connectivity index (χ0n) is 9.09. The number of rotatable bonds is 3. The number of benzene rings is 1. The van der Waals surface area contributed by atoms with Crippen LogP contribution in [-0.4, -0.2) is 30.0 Å². The van der Waals surface area contributed by atoms with E-state index in [-0.39, 0.29) is 10.7 Å². The molecular weight excluding hydrogens is 280 g/mol. The number of hydrogen-bond acceptors (Lipinski definition) is 4. The van der Waals surface area contributed by atoms with E-state index >= 15 is 0 Å². The van der Waals surface area contributed by atoms with E-state index in [0.29, 0.717) is 5.02 Å². The number of ketones is 1. The van der Waals surface area contributed by atoms with Gasteiger partial charge in [-0.05, 0) is 24.3 Å². The van der Waals surface area contributed by atoms with Gasteiger partial charge in [-0.2, -0.15) is 0 Å². The summed E-state index contributed by atoms with van der Waals surface area (Å²) in [5.41, 5.74) is 0. The second-order valence-corrected chi connectivity index (χ2v) is 6.85. The molecule has 7 heteroatoms. The third-order valence-corrected chi connectivity index (χ3v) is 5.63. The SMILES string of the molecule is O=C1CC(C(=O)O)(S(=O)(=O)c2ccc(Cl)cc2)C1. The van der Waals surface area contributed by atoms with Gasteiger partial charge in [-0.25, -0.2) is 8.42 Å². The van der Waals surface area contributed by atoms with Crippen molar-refractivity contribution >= 4 is 33.2 Å². The van der Waals surface area contributed by atoms with E-state index < -0.39 is 33.4 Å². The minimum Gasteiger partial charge on any atom is -0.480 e. The van der Waals surface area contributed by atoms with E-state index in [9.17, 15) is 18.0 Å². The summed E-state index contributed by atoms with van der Waals surface area (Å²) in [6.07, 6.45) is -0.958. The average Bonchev–Trinajstić information content (AvgIpc) is 2.24. The van der Waals surface area contributed by atoms with Crippen molar-refractivity contribution in [3.8, 4) is 0 Å². The number of sulfone groups is 1. The second-order valence-electron chi connectivity index (χ2n) is 4.15. The van der Waals surface area contributed by atoms with Gasteiger partial charge < -0.3 is 5.11 Å². The van der Waals surface area contributed by atoms with E-state index in [2.05, 4.69) is 0 Å². The van der Waals surface area contributed by atoms with Gasteiger partial charge in [0, 0.05) is 17.9 Å². The molecule has 0 spiro atoms. The molecule has 5 nitrogen and oxygen atoms in total. The highest BCUT2D eigenvalue weighted by atomic mass is 35.5. The van der Waals surface area contributed by atoms with Gasteiger partial charge in [0.1, 0.15) is 5.78 Å². The van der Waals surface area contributed by atoms with E-state index in [1.165, 1.54) is 24.3 Å². The number of carboxylic acid groups (broad SMARTS) is 1. The van der Waals surface area contributed by atoms with Crippen molar-refractivity contribution < 1.29 is 23.1 Å². The van der Waals surface area contributed by atoms with Crippen LogP contribution in [0.2, 0.25) is 5.02 Å². The summed E-state index contributed by atoms with van der Waals surface area (Å²) in [6.45, 7) is 0. The summed E-state index contributed by atoms with van der Waals surface area (Å²) in [5.74, 6) is -1.85. The van der Waals surface area contributed by atoms with Crippen molar-refractivity contribution in [2.75, 3.05) is 0 Å². The van der Waals surface area contributed by atoms with Crippen molar-refractivity contribution in [2.45, 2.75) is 22.5 Å². The Labute approximate surface area is 108 Å². The van der Waals surface area contributed by atoms with E-state index in [0.717, 1.165) is 0 Å². The number of hydrogen-bond donors (Lipinski definition) is 1. The van der Waals surface area contributed by atoms with Crippen LogP contribution in [0.1, 0.15) is 12.8 Å². The van der Waals surface area contributed by atoms with Crippen LogP contribution in [-0.2, 0) is 19.4 Å². The Morgan fingerprint density at radius 1 is 1.22 bits per heavy atom. The van der Waals surface area contributed by atoms with Gasteiger partial charge in [0.05, 0.1) is 4.90 Å². The molecule has 0 unspecified atom stereocenters. The molecule has 1 N–H and O–H groups in total. The molecule has 0 bridgehead atoms. The van der Waals surface area contributed by atoms with Crippen molar-refractivity contribution in [1.29, 1.82) is 0 Å². The monoisotopic (exact) mass is 288 g/mol. The smallest absolute Gasteiger partial charge is 0.326 e. The van der Waals surface area contributed by atoms with Gasteiger partial charge in [-0.15, -0.1) is 0 Å². The zero-order valence-corrected chi connectivity index (χ0v) is 10.7. The maximum Gasteiger partial charge on any atom is 0.326 e. The third kappa shape index (κ3) is 1.72. The molecule has 1 aromatic rings. The minimum absolute atomic E-state index is 0.137. The van der Waals surface area contributed by atoms with Gasteiger partial charge in [0.2, 0.25) is 0 Å². The quantitative estimate of drug-likeness (QED) is 0.905. The van der Waals surface area contributed by atoms with Crippen molar-refractivity contribution in [3.63, 3.8) is 0 Å². The molecule has 1 saturated carbocycles. The lowest BCUT2D eigenvalue weighted by molar-refractivity contribution is -0.147. The molecule has 0 aromatic heterocycles. The standard InChI is InChI=1S/C11H9ClO5S/c12-7-1-3-9(4-2-7)18(16,17)11(10(14)15)5-8(13)6-11/h1-4H,5-6H2,(H,14,15). The third-order valence-electron chi connectivity index (χ3n) is 2.99. The van der Waals surface area contributed by atoms with Gasteiger partial charge in [0.15, 0.2) is 14.6 Å². The Hall–Kier alpha value is -1.40. The first-order chi connectivity index (χ1) is 8.29. The topological polar surface area (TPSA) is 88.5 Å². The summed E-state index contributed by atoms with van der Waals surface area (Å²) in [4.78, 5) is 22.0. The zero-order chi connectivity index (χ0) is 13.6. The van der Waals surface area contributed by atoms with Crippen LogP contribution in [0.4, 0.5) is 0 Å². The molecule has 2 rings (SSSR count). The van der Waals surface area contributed by atoms with E-state index in [1.54, 1.807) is 0 Å². The van der Waals surface area contributed by atoms with Crippen LogP contribution in [0.25, 0.3) is 0 Å². The predicted molar refractivity (Wildman–Crippen MR) is 63.2 cm³/mol. The van der Waals surface area contributed by atoms with Crippen LogP contribution in [0.15, 0.2) is 29.2 Å².